The van der Waals surface area contributed by atoms with Crippen molar-refractivity contribution < 1.29 is 14.2 Å². The SMILES string of the molecule is Cc1cc2c(c(Br)c1C1CNCCO1)OCCO2. The minimum absolute atomic E-state index is 0.0731. The maximum absolute atomic E-state index is 5.83. The molecule has 98 valence electrons. The van der Waals surface area contributed by atoms with Gasteiger partial charge in [-0.2, -0.15) is 0 Å². The summed E-state index contributed by atoms with van der Waals surface area (Å²) in [7, 11) is 0. The molecule has 2 heterocycles. The van der Waals surface area contributed by atoms with E-state index in [1.54, 1.807) is 0 Å². The number of halogens is 1. The van der Waals surface area contributed by atoms with Gasteiger partial charge in [0.25, 0.3) is 0 Å². The Labute approximate surface area is 115 Å². The highest BCUT2D eigenvalue weighted by atomic mass is 79.9. The number of benzene rings is 1. The molecular weight excluding hydrogens is 298 g/mol. The minimum Gasteiger partial charge on any atom is -0.486 e. The standard InChI is InChI=1S/C13H16BrNO3/c1-8-6-9-13(18-5-4-17-9)12(14)11(8)10-7-15-2-3-16-10/h6,10,15H,2-5,7H2,1H3. The molecule has 1 fully saturated rings. The fourth-order valence-electron chi connectivity index (χ4n) is 2.43. The summed E-state index contributed by atoms with van der Waals surface area (Å²) in [6.07, 6.45) is 0.0731. The quantitative estimate of drug-likeness (QED) is 0.862. The third-order valence-electron chi connectivity index (χ3n) is 3.27. The van der Waals surface area contributed by atoms with Crippen molar-refractivity contribution in [2.24, 2.45) is 0 Å². The molecule has 4 nitrogen and oxygen atoms in total. The van der Waals surface area contributed by atoms with Crippen molar-refractivity contribution in [2.45, 2.75) is 13.0 Å². The van der Waals surface area contributed by atoms with Crippen LogP contribution in [0.15, 0.2) is 10.5 Å². The zero-order valence-electron chi connectivity index (χ0n) is 10.3. The Bertz CT molecular complexity index is 458. The minimum atomic E-state index is 0.0731. The van der Waals surface area contributed by atoms with Gasteiger partial charge in [0, 0.05) is 18.7 Å². The van der Waals surface area contributed by atoms with Crippen LogP contribution in [0.25, 0.3) is 0 Å². The Hall–Kier alpha value is -0.780. The molecule has 1 unspecified atom stereocenters. The highest BCUT2D eigenvalue weighted by Crippen LogP contribution is 2.44. The van der Waals surface area contributed by atoms with Gasteiger partial charge >= 0.3 is 0 Å². The molecule has 2 aliphatic heterocycles. The number of fused-ring (bicyclic) bond motifs is 1. The van der Waals surface area contributed by atoms with Crippen LogP contribution in [0.4, 0.5) is 0 Å². The first kappa shape index (κ1) is 12.3. The zero-order chi connectivity index (χ0) is 12.5. The van der Waals surface area contributed by atoms with Crippen LogP contribution in [-0.4, -0.2) is 32.9 Å². The second kappa shape index (κ2) is 5.07. The van der Waals surface area contributed by atoms with Crippen LogP contribution in [0.1, 0.15) is 17.2 Å². The van der Waals surface area contributed by atoms with Crippen molar-refractivity contribution in [2.75, 3.05) is 32.9 Å². The van der Waals surface area contributed by atoms with Gasteiger partial charge in [-0.1, -0.05) is 0 Å². The van der Waals surface area contributed by atoms with Crippen LogP contribution in [0.3, 0.4) is 0 Å². The Morgan fingerprint density at radius 2 is 2.11 bits per heavy atom. The summed E-state index contributed by atoms with van der Waals surface area (Å²) in [5.74, 6) is 1.62. The van der Waals surface area contributed by atoms with E-state index < -0.39 is 0 Å². The normalized spacial score (nSPS) is 22.9. The molecule has 1 saturated heterocycles. The summed E-state index contributed by atoms with van der Waals surface area (Å²) in [6, 6.07) is 2.03. The largest absolute Gasteiger partial charge is 0.486 e. The zero-order valence-corrected chi connectivity index (χ0v) is 11.9. The van der Waals surface area contributed by atoms with Crippen molar-refractivity contribution in [1.82, 2.24) is 5.32 Å². The first-order valence-electron chi connectivity index (χ1n) is 6.18. The number of ether oxygens (including phenoxy) is 3. The van der Waals surface area contributed by atoms with Crippen LogP contribution in [0.2, 0.25) is 0 Å². The molecule has 0 amide bonds. The number of hydrogen-bond acceptors (Lipinski definition) is 4. The van der Waals surface area contributed by atoms with Crippen molar-refractivity contribution in [1.29, 1.82) is 0 Å². The third kappa shape index (κ3) is 2.11. The monoisotopic (exact) mass is 313 g/mol. The van der Waals surface area contributed by atoms with Crippen molar-refractivity contribution in [3.63, 3.8) is 0 Å². The van der Waals surface area contributed by atoms with Crippen molar-refractivity contribution in [3.05, 3.63) is 21.7 Å². The summed E-state index contributed by atoms with van der Waals surface area (Å²) in [6.45, 7) is 5.77. The molecule has 3 rings (SSSR count). The van der Waals surface area contributed by atoms with E-state index in [2.05, 4.69) is 28.2 Å². The molecule has 2 aliphatic rings. The Morgan fingerprint density at radius 3 is 2.89 bits per heavy atom. The molecule has 1 aromatic rings. The summed E-state index contributed by atoms with van der Waals surface area (Å²) in [5, 5.41) is 3.35. The molecule has 0 aliphatic carbocycles. The average molecular weight is 314 g/mol. The lowest BCUT2D eigenvalue weighted by atomic mass is 10.0. The summed E-state index contributed by atoms with van der Waals surface area (Å²) < 4.78 is 18.1. The Kier molecular flexibility index (Phi) is 3.46. The molecule has 0 bridgehead atoms. The second-order valence-electron chi connectivity index (χ2n) is 4.51. The first-order valence-corrected chi connectivity index (χ1v) is 6.97. The number of hydrogen-bond donors (Lipinski definition) is 1. The highest BCUT2D eigenvalue weighted by molar-refractivity contribution is 9.10. The number of rotatable bonds is 1. The first-order chi connectivity index (χ1) is 8.77. The van der Waals surface area contributed by atoms with Gasteiger partial charge in [0.2, 0.25) is 0 Å². The van der Waals surface area contributed by atoms with E-state index in [-0.39, 0.29) is 6.10 Å². The molecule has 0 aromatic heterocycles. The number of nitrogens with one attached hydrogen (secondary N) is 1. The van der Waals surface area contributed by atoms with Crippen LogP contribution in [0, 0.1) is 6.92 Å². The Balaban J connectivity index is 2.02. The lowest BCUT2D eigenvalue weighted by Crippen LogP contribution is -2.34. The predicted molar refractivity (Wildman–Crippen MR) is 71.4 cm³/mol. The average Bonchev–Trinajstić information content (AvgIpc) is 2.40. The van der Waals surface area contributed by atoms with E-state index in [9.17, 15) is 0 Å². The molecule has 0 saturated carbocycles. The van der Waals surface area contributed by atoms with Crippen molar-refractivity contribution in [3.8, 4) is 11.5 Å². The Morgan fingerprint density at radius 1 is 1.28 bits per heavy atom. The van der Waals surface area contributed by atoms with E-state index in [1.165, 1.54) is 5.56 Å². The van der Waals surface area contributed by atoms with Gasteiger partial charge in [0.15, 0.2) is 11.5 Å². The molecule has 18 heavy (non-hydrogen) atoms. The van der Waals surface area contributed by atoms with Gasteiger partial charge in [-0.3, -0.25) is 0 Å². The summed E-state index contributed by atoms with van der Waals surface area (Å²) in [4.78, 5) is 0. The van der Waals surface area contributed by atoms with E-state index in [4.69, 9.17) is 14.2 Å². The van der Waals surface area contributed by atoms with Gasteiger partial charge < -0.3 is 19.5 Å². The van der Waals surface area contributed by atoms with Gasteiger partial charge in [0.1, 0.15) is 13.2 Å². The van der Waals surface area contributed by atoms with Crippen LogP contribution >= 0.6 is 15.9 Å². The molecule has 1 N–H and O–H groups in total. The van der Waals surface area contributed by atoms with Gasteiger partial charge in [-0.15, -0.1) is 0 Å². The van der Waals surface area contributed by atoms with E-state index in [0.29, 0.717) is 13.2 Å². The van der Waals surface area contributed by atoms with Gasteiger partial charge in [-0.05, 0) is 34.5 Å². The lowest BCUT2D eigenvalue weighted by molar-refractivity contribution is 0.0265. The lowest BCUT2D eigenvalue weighted by Gasteiger charge is -2.29. The fraction of sp³-hybridized carbons (Fsp3) is 0.538. The topological polar surface area (TPSA) is 39.7 Å². The second-order valence-corrected chi connectivity index (χ2v) is 5.30. The highest BCUT2D eigenvalue weighted by Gasteiger charge is 2.26. The maximum Gasteiger partial charge on any atom is 0.175 e. The van der Waals surface area contributed by atoms with Gasteiger partial charge in [-0.25, -0.2) is 0 Å². The predicted octanol–water partition coefficient (Wildman–Crippen LogP) is 2.19. The molecule has 1 atom stereocenters. The summed E-state index contributed by atoms with van der Waals surface area (Å²) >= 11 is 3.64. The molecule has 5 heteroatoms. The van der Waals surface area contributed by atoms with E-state index in [0.717, 1.165) is 41.2 Å². The van der Waals surface area contributed by atoms with E-state index >= 15 is 0 Å². The van der Waals surface area contributed by atoms with Crippen LogP contribution in [-0.2, 0) is 4.74 Å². The fourth-order valence-corrected chi connectivity index (χ4v) is 3.30. The van der Waals surface area contributed by atoms with Crippen molar-refractivity contribution >= 4 is 15.9 Å². The van der Waals surface area contributed by atoms with Crippen LogP contribution in [0.5, 0.6) is 11.5 Å². The molecule has 0 spiro atoms. The maximum atomic E-state index is 5.83. The molecule has 1 aromatic carbocycles. The number of aryl methyl sites for hydroxylation is 1. The third-order valence-corrected chi connectivity index (χ3v) is 4.06. The molecule has 0 radical (unpaired) electrons. The van der Waals surface area contributed by atoms with Crippen LogP contribution < -0.4 is 14.8 Å². The summed E-state index contributed by atoms with van der Waals surface area (Å²) in [5.41, 5.74) is 2.33. The molecular formula is C13H16BrNO3. The number of morpholine rings is 1. The smallest absolute Gasteiger partial charge is 0.175 e. The van der Waals surface area contributed by atoms with E-state index in [1.807, 2.05) is 6.07 Å². The van der Waals surface area contributed by atoms with Gasteiger partial charge in [0.05, 0.1) is 17.2 Å².